The Hall–Kier alpha value is -3.65. The zero-order valence-corrected chi connectivity index (χ0v) is 13.5. The van der Waals surface area contributed by atoms with Crippen LogP contribution in [0.1, 0.15) is 11.3 Å². The van der Waals surface area contributed by atoms with E-state index in [1.165, 1.54) is 0 Å². The largest absolute Gasteiger partial charge is 0.438 e. The van der Waals surface area contributed by atoms with Gasteiger partial charge in [-0.05, 0) is 37.3 Å². The highest BCUT2D eigenvalue weighted by Gasteiger charge is 2.13. The zero-order chi connectivity index (χ0) is 17.2. The van der Waals surface area contributed by atoms with Crippen LogP contribution in [-0.4, -0.2) is 14.4 Å². The molecule has 25 heavy (non-hydrogen) atoms. The van der Waals surface area contributed by atoms with Gasteiger partial charge < -0.3 is 9.14 Å². The summed E-state index contributed by atoms with van der Waals surface area (Å²) in [5.74, 6) is 0.970. The summed E-state index contributed by atoms with van der Waals surface area (Å²) >= 11 is 0. The van der Waals surface area contributed by atoms with E-state index in [2.05, 4.69) is 16.0 Å². The first kappa shape index (κ1) is 14.9. The van der Waals surface area contributed by atoms with Crippen molar-refractivity contribution in [2.75, 3.05) is 0 Å². The van der Waals surface area contributed by atoms with Crippen molar-refractivity contribution in [2.24, 2.45) is 0 Å². The van der Waals surface area contributed by atoms with E-state index in [1.54, 1.807) is 6.20 Å². The van der Waals surface area contributed by atoms with E-state index in [4.69, 9.17) is 4.74 Å². The van der Waals surface area contributed by atoms with Crippen LogP contribution in [0.4, 0.5) is 0 Å². The van der Waals surface area contributed by atoms with Crippen LogP contribution in [0.2, 0.25) is 0 Å². The molecule has 4 aromatic rings. The zero-order valence-electron chi connectivity index (χ0n) is 13.5. The van der Waals surface area contributed by atoms with Crippen molar-refractivity contribution < 1.29 is 4.74 Å². The predicted octanol–water partition coefficient (Wildman–Crippen LogP) is 4.37. The minimum atomic E-state index is 0.318. The van der Waals surface area contributed by atoms with Crippen LogP contribution in [0.5, 0.6) is 11.6 Å². The van der Waals surface area contributed by atoms with Crippen LogP contribution in [0, 0.1) is 18.3 Å². The van der Waals surface area contributed by atoms with Crippen molar-refractivity contribution in [3.8, 4) is 28.8 Å². The van der Waals surface area contributed by atoms with Crippen molar-refractivity contribution in [1.29, 1.82) is 5.26 Å². The molecule has 0 aliphatic heterocycles. The Labute approximate surface area is 144 Å². The van der Waals surface area contributed by atoms with Gasteiger partial charge in [0.05, 0.1) is 0 Å². The molecule has 1 aromatic carbocycles. The lowest BCUT2D eigenvalue weighted by Crippen LogP contribution is -1.97. The molecule has 120 valence electrons. The van der Waals surface area contributed by atoms with Gasteiger partial charge >= 0.3 is 0 Å². The first-order chi connectivity index (χ1) is 12.2. The number of rotatable bonds is 3. The molecular formula is C20H14N4O. The van der Waals surface area contributed by atoms with Crippen LogP contribution in [0.3, 0.4) is 0 Å². The number of aryl methyl sites for hydroxylation is 1. The van der Waals surface area contributed by atoms with Crippen LogP contribution in [0.15, 0.2) is 67.1 Å². The maximum absolute atomic E-state index is 9.51. The Bertz CT molecular complexity index is 1090. The van der Waals surface area contributed by atoms with Crippen LogP contribution in [-0.2, 0) is 0 Å². The Morgan fingerprint density at radius 3 is 2.76 bits per heavy atom. The number of benzene rings is 1. The Balaban J connectivity index is 1.78. The fourth-order valence-corrected chi connectivity index (χ4v) is 2.71. The topological polar surface area (TPSA) is 63.2 Å². The third-order valence-corrected chi connectivity index (χ3v) is 3.96. The molecule has 0 fully saturated rings. The summed E-state index contributed by atoms with van der Waals surface area (Å²) in [5.41, 5.74) is 3.93. The third-order valence-electron chi connectivity index (χ3n) is 3.96. The smallest absolute Gasteiger partial charge is 0.237 e. The molecule has 0 unspecified atom stereocenters. The standard InChI is InChI=1S/C20H14N4O/c1-14-18(15-7-8-19-22-9-10-24(19)13-15)11-16(12-21)20(23-14)25-17-5-3-2-4-6-17/h2-11,13H,1H3. The number of nitrogens with zero attached hydrogens (tertiary/aromatic N) is 4. The lowest BCUT2D eigenvalue weighted by molar-refractivity contribution is 0.460. The monoisotopic (exact) mass is 326 g/mol. The van der Waals surface area contributed by atoms with Gasteiger partial charge in [0, 0.05) is 35.4 Å². The maximum Gasteiger partial charge on any atom is 0.237 e. The minimum Gasteiger partial charge on any atom is -0.438 e. The van der Waals surface area contributed by atoms with Gasteiger partial charge in [0.15, 0.2) is 0 Å². The molecule has 0 N–H and O–H groups in total. The molecule has 0 saturated heterocycles. The maximum atomic E-state index is 9.51. The predicted molar refractivity (Wildman–Crippen MR) is 94.4 cm³/mol. The van der Waals surface area contributed by atoms with E-state index < -0.39 is 0 Å². The fourth-order valence-electron chi connectivity index (χ4n) is 2.71. The van der Waals surface area contributed by atoms with E-state index in [9.17, 15) is 5.26 Å². The quantitative estimate of drug-likeness (QED) is 0.561. The first-order valence-corrected chi connectivity index (χ1v) is 7.82. The fraction of sp³-hybridized carbons (Fsp3) is 0.0500. The molecule has 3 heterocycles. The number of para-hydroxylation sites is 1. The molecule has 0 spiro atoms. The second-order valence-electron chi connectivity index (χ2n) is 5.61. The highest BCUT2D eigenvalue weighted by atomic mass is 16.5. The number of pyridine rings is 2. The van der Waals surface area contributed by atoms with Gasteiger partial charge in [-0.3, -0.25) is 0 Å². The van der Waals surface area contributed by atoms with E-state index in [1.807, 2.05) is 72.2 Å². The van der Waals surface area contributed by atoms with Crippen molar-refractivity contribution >= 4 is 5.65 Å². The third kappa shape index (κ3) is 2.81. The lowest BCUT2D eigenvalue weighted by Gasteiger charge is -2.11. The summed E-state index contributed by atoms with van der Waals surface area (Å²) in [6.45, 7) is 1.91. The second kappa shape index (κ2) is 6.10. The second-order valence-corrected chi connectivity index (χ2v) is 5.61. The number of ether oxygens (including phenoxy) is 1. The molecular weight excluding hydrogens is 312 g/mol. The molecule has 0 radical (unpaired) electrons. The Morgan fingerprint density at radius 1 is 1.12 bits per heavy atom. The number of imidazole rings is 1. The van der Waals surface area contributed by atoms with Gasteiger partial charge in [-0.1, -0.05) is 18.2 Å². The Kier molecular flexibility index (Phi) is 3.64. The number of nitriles is 1. The highest BCUT2D eigenvalue weighted by Crippen LogP contribution is 2.30. The molecule has 0 aliphatic carbocycles. The van der Waals surface area contributed by atoms with Gasteiger partial charge in [-0.2, -0.15) is 5.26 Å². The highest BCUT2D eigenvalue weighted by molar-refractivity contribution is 5.69. The van der Waals surface area contributed by atoms with Crippen LogP contribution < -0.4 is 4.74 Å². The SMILES string of the molecule is Cc1nc(Oc2ccccc2)c(C#N)cc1-c1ccc2nccn2c1. The molecule has 0 saturated carbocycles. The van der Waals surface area contributed by atoms with E-state index in [0.29, 0.717) is 17.2 Å². The minimum absolute atomic E-state index is 0.318. The molecule has 4 rings (SSSR count). The molecule has 0 aliphatic rings. The Morgan fingerprint density at radius 2 is 1.96 bits per heavy atom. The van der Waals surface area contributed by atoms with Crippen LogP contribution in [0.25, 0.3) is 16.8 Å². The van der Waals surface area contributed by atoms with Gasteiger partial charge in [-0.15, -0.1) is 0 Å². The van der Waals surface area contributed by atoms with Gasteiger partial charge in [0.1, 0.15) is 23.0 Å². The van der Waals surface area contributed by atoms with Gasteiger partial charge in [0.2, 0.25) is 5.88 Å². The molecule has 5 heteroatoms. The first-order valence-electron chi connectivity index (χ1n) is 7.82. The summed E-state index contributed by atoms with van der Waals surface area (Å²) in [6, 6.07) is 17.2. The molecule has 0 amide bonds. The molecule has 5 nitrogen and oxygen atoms in total. The average Bonchev–Trinajstić information content (AvgIpc) is 3.10. The normalized spacial score (nSPS) is 10.6. The molecule has 0 bridgehead atoms. The van der Waals surface area contributed by atoms with Crippen molar-refractivity contribution in [3.63, 3.8) is 0 Å². The summed E-state index contributed by atoms with van der Waals surface area (Å²) in [4.78, 5) is 8.76. The van der Waals surface area contributed by atoms with E-state index >= 15 is 0 Å². The number of fused-ring (bicyclic) bond motifs is 1. The van der Waals surface area contributed by atoms with Gasteiger partial charge in [0.25, 0.3) is 0 Å². The van der Waals surface area contributed by atoms with E-state index in [0.717, 1.165) is 22.5 Å². The number of hydrogen-bond acceptors (Lipinski definition) is 4. The van der Waals surface area contributed by atoms with Crippen LogP contribution >= 0.6 is 0 Å². The summed E-state index contributed by atoms with van der Waals surface area (Å²) in [7, 11) is 0. The van der Waals surface area contributed by atoms with Crippen molar-refractivity contribution in [2.45, 2.75) is 6.92 Å². The van der Waals surface area contributed by atoms with Crippen molar-refractivity contribution in [1.82, 2.24) is 14.4 Å². The number of aromatic nitrogens is 3. The lowest BCUT2D eigenvalue weighted by atomic mass is 10.0. The number of hydrogen-bond donors (Lipinski definition) is 0. The summed E-state index contributed by atoms with van der Waals surface area (Å²) in [5, 5.41) is 9.51. The van der Waals surface area contributed by atoms with E-state index in [-0.39, 0.29) is 0 Å². The van der Waals surface area contributed by atoms with Crippen molar-refractivity contribution in [3.05, 3.63) is 78.4 Å². The van der Waals surface area contributed by atoms with Gasteiger partial charge in [-0.25, -0.2) is 9.97 Å². The molecule has 0 atom stereocenters. The average molecular weight is 326 g/mol. The summed E-state index contributed by atoms with van der Waals surface area (Å²) in [6.07, 6.45) is 5.62. The summed E-state index contributed by atoms with van der Waals surface area (Å²) < 4.78 is 7.72. The molecule has 3 aromatic heterocycles.